The summed E-state index contributed by atoms with van der Waals surface area (Å²) in [5.74, 6) is 0.946. The van der Waals surface area contributed by atoms with Gasteiger partial charge in [-0.1, -0.05) is 30.0 Å². The molecule has 0 amide bonds. The van der Waals surface area contributed by atoms with Gasteiger partial charge in [0.25, 0.3) is 0 Å². The Labute approximate surface area is 149 Å². The van der Waals surface area contributed by atoms with Gasteiger partial charge in [0.1, 0.15) is 0 Å². The monoisotopic (exact) mass is 357 g/mol. The second-order valence-electron chi connectivity index (χ2n) is 5.77. The van der Waals surface area contributed by atoms with Crippen LogP contribution < -0.4 is 0 Å². The molecular weight excluding hydrogens is 338 g/mol. The summed E-state index contributed by atoms with van der Waals surface area (Å²) in [7, 11) is 1.94. The van der Waals surface area contributed by atoms with E-state index in [0.717, 1.165) is 27.0 Å². The van der Waals surface area contributed by atoms with Gasteiger partial charge in [0.05, 0.1) is 10.1 Å². The van der Waals surface area contributed by atoms with Gasteiger partial charge in [0, 0.05) is 12.6 Å². The smallest absolute Gasteiger partial charge is 0.191 e. The predicted molar refractivity (Wildman–Crippen MR) is 99.9 cm³/mol. The molecule has 0 N–H and O–H groups in total. The summed E-state index contributed by atoms with van der Waals surface area (Å²) in [4.78, 5) is 13.8. The third kappa shape index (κ3) is 3.30. The summed E-state index contributed by atoms with van der Waals surface area (Å²) in [5, 5.41) is 11.1. The normalized spacial score (nSPS) is 12.3. The molecule has 2 aromatic heterocycles. The Morgan fingerprint density at radius 3 is 2.67 bits per heavy atom. The summed E-state index contributed by atoms with van der Waals surface area (Å²) in [6, 6.07) is 9.87. The summed E-state index contributed by atoms with van der Waals surface area (Å²) in [6.07, 6.45) is 0. The van der Waals surface area contributed by atoms with E-state index in [9.17, 15) is 4.79 Å². The zero-order valence-corrected chi connectivity index (χ0v) is 15.7. The van der Waals surface area contributed by atoms with Crippen molar-refractivity contribution in [2.45, 2.75) is 31.2 Å². The van der Waals surface area contributed by atoms with Crippen molar-refractivity contribution in [2.75, 3.05) is 0 Å². The van der Waals surface area contributed by atoms with Crippen molar-refractivity contribution in [1.29, 1.82) is 0 Å². The van der Waals surface area contributed by atoms with Crippen LogP contribution in [-0.2, 0) is 7.05 Å². The molecule has 124 valence electrons. The summed E-state index contributed by atoms with van der Waals surface area (Å²) < 4.78 is 1.95. The average molecular weight is 358 g/mol. The van der Waals surface area contributed by atoms with E-state index in [-0.39, 0.29) is 11.0 Å². The molecule has 0 aliphatic heterocycles. The molecule has 0 aliphatic rings. The average Bonchev–Trinajstić information content (AvgIpc) is 3.20. The third-order valence-electron chi connectivity index (χ3n) is 4.02. The van der Waals surface area contributed by atoms with Crippen LogP contribution >= 0.6 is 23.1 Å². The van der Waals surface area contributed by atoms with Crippen molar-refractivity contribution in [3.8, 4) is 10.7 Å². The lowest BCUT2D eigenvalue weighted by molar-refractivity contribution is 0.0993. The number of aromatic nitrogens is 3. The Morgan fingerprint density at radius 2 is 2.00 bits per heavy atom. The van der Waals surface area contributed by atoms with Crippen molar-refractivity contribution < 1.29 is 4.79 Å². The SMILES string of the molecule is Cc1ccc(C(=O)C(C)Sc2nnc(-c3cccs3)n2C)cc1C. The lowest BCUT2D eigenvalue weighted by Gasteiger charge is -2.11. The first-order valence-electron chi connectivity index (χ1n) is 7.68. The van der Waals surface area contributed by atoms with Crippen LogP contribution in [0.3, 0.4) is 0 Å². The largest absolute Gasteiger partial charge is 0.304 e. The maximum Gasteiger partial charge on any atom is 0.191 e. The maximum atomic E-state index is 12.7. The highest BCUT2D eigenvalue weighted by Crippen LogP contribution is 2.29. The second-order valence-corrected chi connectivity index (χ2v) is 8.02. The molecule has 1 atom stereocenters. The fourth-order valence-electron chi connectivity index (χ4n) is 2.38. The van der Waals surface area contributed by atoms with E-state index in [2.05, 4.69) is 10.2 Å². The first-order valence-corrected chi connectivity index (χ1v) is 9.44. The number of rotatable bonds is 5. The van der Waals surface area contributed by atoms with Crippen LogP contribution in [0.25, 0.3) is 10.7 Å². The van der Waals surface area contributed by atoms with Gasteiger partial charge in [0.15, 0.2) is 16.8 Å². The molecule has 0 saturated heterocycles. The zero-order valence-electron chi connectivity index (χ0n) is 14.1. The Balaban J connectivity index is 1.78. The lowest BCUT2D eigenvalue weighted by atomic mass is 10.0. The van der Waals surface area contributed by atoms with Gasteiger partial charge in [-0.2, -0.15) is 0 Å². The minimum absolute atomic E-state index is 0.115. The van der Waals surface area contributed by atoms with E-state index < -0.39 is 0 Å². The van der Waals surface area contributed by atoms with E-state index in [1.165, 1.54) is 17.3 Å². The molecule has 0 spiro atoms. The number of ketones is 1. The molecule has 0 radical (unpaired) electrons. The van der Waals surface area contributed by atoms with Crippen molar-refractivity contribution in [3.63, 3.8) is 0 Å². The van der Waals surface area contributed by atoms with E-state index >= 15 is 0 Å². The Bertz CT molecular complexity index is 869. The predicted octanol–water partition coefficient (Wildman–Crippen LogP) is 4.52. The number of thioether (sulfide) groups is 1. The molecule has 4 nitrogen and oxygen atoms in total. The van der Waals surface area contributed by atoms with Crippen LogP contribution in [0.15, 0.2) is 40.9 Å². The molecule has 0 bridgehead atoms. The standard InChI is InChI=1S/C18H19N3OS2/c1-11-7-8-14(10-12(11)2)16(22)13(3)24-18-20-19-17(21(18)4)15-6-5-9-23-15/h5-10,13H,1-4H3. The minimum atomic E-state index is -0.216. The second kappa shape index (κ2) is 6.91. The van der Waals surface area contributed by atoms with Crippen LogP contribution in [0.5, 0.6) is 0 Å². The first-order chi connectivity index (χ1) is 11.5. The van der Waals surface area contributed by atoms with Crippen molar-refractivity contribution in [3.05, 3.63) is 52.4 Å². The van der Waals surface area contributed by atoms with Gasteiger partial charge in [-0.3, -0.25) is 4.79 Å². The number of carbonyl (C=O) groups is 1. The van der Waals surface area contributed by atoms with Crippen LogP contribution in [-0.4, -0.2) is 25.8 Å². The molecule has 24 heavy (non-hydrogen) atoms. The number of hydrogen-bond donors (Lipinski definition) is 0. The summed E-state index contributed by atoms with van der Waals surface area (Å²) >= 11 is 3.07. The Morgan fingerprint density at radius 1 is 1.21 bits per heavy atom. The number of thiophene rings is 1. The summed E-state index contributed by atoms with van der Waals surface area (Å²) in [6.45, 7) is 6.00. The van der Waals surface area contributed by atoms with Gasteiger partial charge < -0.3 is 4.57 Å². The van der Waals surface area contributed by atoms with Gasteiger partial charge in [-0.05, 0) is 49.4 Å². The van der Waals surface area contributed by atoms with Gasteiger partial charge in [-0.25, -0.2) is 0 Å². The molecule has 3 rings (SSSR count). The molecule has 2 heterocycles. The lowest BCUT2D eigenvalue weighted by Crippen LogP contribution is -2.14. The quantitative estimate of drug-likeness (QED) is 0.497. The number of aryl methyl sites for hydroxylation is 2. The van der Waals surface area contributed by atoms with E-state index in [0.29, 0.717) is 0 Å². The summed E-state index contributed by atoms with van der Waals surface area (Å²) in [5.41, 5.74) is 3.08. The molecule has 1 unspecified atom stereocenters. The molecular formula is C18H19N3OS2. The highest BCUT2D eigenvalue weighted by atomic mass is 32.2. The molecule has 0 aliphatic carbocycles. The van der Waals surface area contributed by atoms with Crippen molar-refractivity contribution >= 4 is 28.9 Å². The van der Waals surface area contributed by atoms with Crippen LogP contribution in [0.1, 0.15) is 28.4 Å². The maximum absolute atomic E-state index is 12.7. The zero-order chi connectivity index (χ0) is 17.3. The van der Waals surface area contributed by atoms with Gasteiger partial charge >= 0.3 is 0 Å². The van der Waals surface area contributed by atoms with Crippen LogP contribution in [0.4, 0.5) is 0 Å². The topological polar surface area (TPSA) is 47.8 Å². The third-order valence-corrected chi connectivity index (χ3v) is 6.02. The fourth-order valence-corrected chi connectivity index (χ4v) is 4.01. The molecule has 6 heteroatoms. The first kappa shape index (κ1) is 16.9. The van der Waals surface area contributed by atoms with Crippen LogP contribution in [0, 0.1) is 13.8 Å². The number of nitrogens with zero attached hydrogens (tertiary/aromatic N) is 3. The number of benzene rings is 1. The van der Waals surface area contributed by atoms with Crippen molar-refractivity contribution in [2.24, 2.45) is 7.05 Å². The van der Waals surface area contributed by atoms with E-state index in [1.54, 1.807) is 11.3 Å². The minimum Gasteiger partial charge on any atom is -0.304 e. The Kier molecular flexibility index (Phi) is 4.87. The molecule has 3 aromatic rings. The fraction of sp³-hybridized carbons (Fsp3) is 0.278. The number of hydrogen-bond acceptors (Lipinski definition) is 5. The highest BCUT2D eigenvalue weighted by molar-refractivity contribution is 8.00. The Hall–Kier alpha value is -1.92. The van der Waals surface area contributed by atoms with E-state index in [4.69, 9.17) is 0 Å². The van der Waals surface area contributed by atoms with Crippen LogP contribution in [0.2, 0.25) is 0 Å². The molecule has 0 fully saturated rings. The molecule has 1 aromatic carbocycles. The highest BCUT2D eigenvalue weighted by Gasteiger charge is 2.21. The van der Waals surface area contributed by atoms with E-state index in [1.807, 2.05) is 68.1 Å². The van der Waals surface area contributed by atoms with Crippen molar-refractivity contribution in [1.82, 2.24) is 14.8 Å². The number of Topliss-reactive ketones (excluding diaryl/α,β-unsaturated/α-hetero) is 1. The van der Waals surface area contributed by atoms with Gasteiger partial charge in [0.2, 0.25) is 0 Å². The number of carbonyl (C=O) groups excluding carboxylic acids is 1. The molecule has 0 saturated carbocycles. The van der Waals surface area contributed by atoms with Gasteiger partial charge in [-0.15, -0.1) is 21.5 Å².